The third-order valence-corrected chi connectivity index (χ3v) is 2.49. The minimum atomic E-state index is -0.347. The summed E-state index contributed by atoms with van der Waals surface area (Å²) in [6.45, 7) is 0. The maximum absolute atomic E-state index is 11.4. The zero-order valence-electron chi connectivity index (χ0n) is 8.69. The lowest BCUT2D eigenvalue weighted by atomic mass is 10.2. The highest BCUT2D eigenvalue weighted by Gasteiger charge is 2.29. The zero-order chi connectivity index (χ0) is 11.5. The van der Waals surface area contributed by atoms with Gasteiger partial charge >= 0.3 is 0 Å². The molecule has 0 heterocycles. The molecule has 0 spiro atoms. The van der Waals surface area contributed by atoms with Crippen molar-refractivity contribution >= 4 is 17.5 Å². The number of carbonyl (C=O) groups is 2. The summed E-state index contributed by atoms with van der Waals surface area (Å²) >= 11 is 0. The average molecular weight is 219 g/mol. The number of carbonyl (C=O) groups excluding carboxylic acids is 2. The summed E-state index contributed by atoms with van der Waals surface area (Å²) in [5.74, 6) is 4.88. The molecule has 2 amide bonds. The summed E-state index contributed by atoms with van der Waals surface area (Å²) in [5.41, 5.74) is 3.21. The molecule has 1 fully saturated rings. The maximum atomic E-state index is 11.4. The summed E-state index contributed by atoms with van der Waals surface area (Å²) in [6.07, 6.45) is 1.94. The molecule has 1 aliphatic rings. The van der Waals surface area contributed by atoms with E-state index in [1.165, 1.54) is 0 Å². The number of nitrogens with one attached hydrogen (secondary N) is 2. The highest BCUT2D eigenvalue weighted by Crippen LogP contribution is 2.30. The van der Waals surface area contributed by atoms with Crippen molar-refractivity contribution in [2.24, 2.45) is 11.8 Å². The molecule has 0 radical (unpaired) electrons. The lowest BCUT2D eigenvalue weighted by Crippen LogP contribution is -2.29. The van der Waals surface area contributed by atoms with Gasteiger partial charge in [0.05, 0.1) is 0 Å². The Balaban J connectivity index is 2.01. The van der Waals surface area contributed by atoms with Crippen LogP contribution in [0, 0.1) is 5.92 Å². The Morgan fingerprint density at radius 2 is 1.81 bits per heavy atom. The van der Waals surface area contributed by atoms with Crippen LogP contribution in [-0.2, 0) is 4.79 Å². The molecule has 4 N–H and O–H groups in total. The van der Waals surface area contributed by atoms with Gasteiger partial charge in [0.15, 0.2) is 0 Å². The number of rotatable bonds is 3. The molecule has 1 aliphatic carbocycles. The topological polar surface area (TPSA) is 84.2 Å². The second kappa shape index (κ2) is 4.32. The second-order valence-electron chi connectivity index (χ2n) is 3.81. The van der Waals surface area contributed by atoms with Gasteiger partial charge in [-0.15, -0.1) is 0 Å². The fourth-order valence-electron chi connectivity index (χ4n) is 1.38. The molecule has 0 unspecified atom stereocenters. The summed E-state index contributed by atoms with van der Waals surface area (Å²) in [4.78, 5) is 22.6. The van der Waals surface area contributed by atoms with E-state index in [4.69, 9.17) is 5.84 Å². The standard InChI is InChI=1S/C11H13N3O2/c12-14-11(16)8-3-5-9(6-4-8)13-10(15)7-1-2-7/h3-7H,1-2,12H2,(H,13,15)(H,14,16). The van der Waals surface area contributed by atoms with Gasteiger partial charge < -0.3 is 5.32 Å². The molecule has 0 bridgehead atoms. The number of hydrogen-bond acceptors (Lipinski definition) is 3. The summed E-state index contributed by atoms with van der Waals surface area (Å²) in [7, 11) is 0. The zero-order valence-corrected chi connectivity index (χ0v) is 8.69. The van der Waals surface area contributed by atoms with E-state index >= 15 is 0 Å². The molecule has 0 saturated heterocycles. The van der Waals surface area contributed by atoms with Crippen LogP contribution in [0.3, 0.4) is 0 Å². The van der Waals surface area contributed by atoms with Gasteiger partial charge in [-0.25, -0.2) is 5.84 Å². The van der Waals surface area contributed by atoms with Crippen molar-refractivity contribution in [3.63, 3.8) is 0 Å². The van der Waals surface area contributed by atoms with Crippen molar-refractivity contribution in [2.45, 2.75) is 12.8 Å². The Labute approximate surface area is 93.0 Å². The van der Waals surface area contributed by atoms with Crippen LogP contribution in [0.1, 0.15) is 23.2 Å². The van der Waals surface area contributed by atoms with Crippen LogP contribution in [0.15, 0.2) is 24.3 Å². The predicted molar refractivity (Wildman–Crippen MR) is 59.4 cm³/mol. The molecule has 0 aliphatic heterocycles. The minimum absolute atomic E-state index is 0.0519. The van der Waals surface area contributed by atoms with E-state index in [1.807, 2.05) is 5.43 Å². The smallest absolute Gasteiger partial charge is 0.265 e. The quantitative estimate of drug-likeness (QED) is 0.396. The molecular formula is C11H13N3O2. The van der Waals surface area contributed by atoms with E-state index in [0.717, 1.165) is 12.8 Å². The van der Waals surface area contributed by atoms with Gasteiger partial charge in [-0.05, 0) is 37.1 Å². The van der Waals surface area contributed by atoms with E-state index in [9.17, 15) is 9.59 Å². The molecule has 5 nitrogen and oxygen atoms in total. The van der Waals surface area contributed by atoms with Crippen molar-refractivity contribution in [2.75, 3.05) is 5.32 Å². The molecule has 1 aromatic carbocycles. The molecular weight excluding hydrogens is 206 g/mol. The normalized spacial score (nSPS) is 14.3. The maximum Gasteiger partial charge on any atom is 0.265 e. The Bertz CT molecular complexity index is 410. The Morgan fingerprint density at radius 3 is 2.31 bits per heavy atom. The van der Waals surface area contributed by atoms with Crippen molar-refractivity contribution in [1.29, 1.82) is 0 Å². The number of nitrogen functional groups attached to an aromatic ring is 1. The van der Waals surface area contributed by atoms with E-state index in [1.54, 1.807) is 24.3 Å². The molecule has 0 aromatic heterocycles. The summed E-state index contributed by atoms with van der Waals surface area (Å²) in [5, 5.41) is 2.79. The van der Waals surface area contributed by atoms with Crippen LogP contribution in [0.25, 0.3) is 0 Å². The fourth-order valence-corrected chi connectivity index (χ4v) is 1.38. The van der Waals surface area contributed by atoms with Gasteiger partial charge in [0.25, 0.3) is 5.91 Å². The first-order valence-electron chi connectivity index (χ1n) is 5.12. The van der Waals surface area contributed by atoms with Gasteiger partial charge in [-0.2, -0.15) is 0 Å². The average Bonchev–Trinajstić information content (AvgIpc) is 3.13. The van der Waals surface area contributed by atoms with Crippen LogP contribution in [0.2, 0.25) is 0 Å². The molecule has 2 rings (SSSR count). The molecule has 1 aromatic rings. The SMILES string of the molecule is NNC(=O)c1ccc(NC(=O)C2CC2)cc1. The third kappa shape index (κ3) is 2.38. The molecule has 5 heteroatoms. The number of amides is 2. The number of nitrogens with two attached hydrogens (primary N) is 1. The Kier molecular flexibility index (Phi) is 2.87. The van der Waals surface area contributed by atoms with Crippen molar-refractivity contribution in [3.8, 4) is 0 Å². The predicted octanol–water partition coefficient (Wildman–Crippen LogP) is 0.639. The Hall–Kier alpha value is -1.88. The highest BCUT2D eigenvalue weighted by atomic mass is 16.2. The van der Waals surface area contributed by atoms with Crippen molar-refractivity contribution in [3.05, 3.63) is 29.8 Å². The van der Waals surface area contributed by atoms with E-state index in [2.05, 4.69) is 5.32 Å². The van der Waals surface area contributed by atoms with Gasteiger partial charge in [-0.1, -0.05) is 0 Å². The Morgan fingerprint density at radius 1 is 1.19 bits per heavy atom. The monoisotopic (exact) mass is 219 g/mol. The lowest BCUT2D eigenvalue weighted by Gasteiger charge is -2.05. The van der Waals surface area contributed by atoms with E-state index in [0.29, 0.717) is 11.3 Å². The number of hydrogen-bond donors (Lipinski definition) is 3. The van der Waals surface area contributed by atoms with Crippen LogP contribution in [-0.4, -0.2) is 11.8 Å². The third-order valence-electron chi connectivity index (χ3n) is 2.49. The molecule has 1 saturated carbocycles. The summed E-state index contributed by atoms with van der Waals surface area (Å²) < 4.78 is 0. The van der Waals surface area contributed by atoms with Crippen LogP contribution < -0.4 is 16.6 Å². The van der Waals surface area contributed by atoms with Crippen LogP contribution >= 0.6 is 0 Å². The number of anilines is 1. The number of hydrazine groups is 1. The largest absolute Gasteiger partial charge is 0.326 e. The lowest BCUT2D eigenvalue weighted by molar-refractivity contribution is -0.117. The first-order chi connectivity index (χ1) is 7.70. The second-order valence-corrected chi connectivity index (χ2v) is 3.81. The molecule has 84 valence electrons. The molecule has 0 atom stereocenters. The van der Waals surface area contributed by atoms with E-state index < -0.39 is 0 Å². The minimum Gasteiger partial charge on any atom is -0.326 e. The van der Waals surface area contributed by atoms with Gasteiger partial charge in [0.2, 0.25) is 5.91 Å². The van der Waals surface area contributed by atoms with Gasteiger partial charge in [0.1, 0.15) is 0 Å². The van der Waals surface area contributed by atoms with E-state index in [-0.39, 0.29) is 17.7 Å². The highest BCUT2D eigenvalue weighted by molar-refractivity contribution is 5.96. The van der Waals surface area contributed by atoms with Crippen LogP contribution in [0.5, 0.6) is 0 Å². The van der Waals surface area contributed by atoms with Gasteiger partial charge in [-0.3, -0.25) is 15.0 Å². The fraction of sp³-hybridized carbons (Fsp3) is 0.273. The van der Waals surface area contributed by atoms with Gasteiger partial charge in [0, 0.05) is 17.2 Å². The first-order valence-corrected chi connectivity index (χ1v) is 5.12. The number of benzene rings is 1. The van der Waals surface area contributed by atoms with Crippen molar-refractivity contribution in [1.82, 2.24) is 5.43 Å². The molecule has 16 heavy (non-hydrogen) atoms. The summed E-state index contributed by atoms with van der Waals surface area (Å²) in [6, 6.07) is 6.60. The van der Waals surface area contributed by atoms with Crippen LogP contribution in [0.4, 0.5) is 5.69 Å². The first kappa shape index (κ1) is 10.6. The van der Waals surface area contributed by atoms with Crippen molar-refractivity contribution < 1.29 is 9.59 Å².